The van der Waals surface area contributed by atoms with E-state index in [9.17, 15) is 28.3 Å². The Morgan fingerprint density at radius 1 is 0.949 bits per heavy atom. The summed E-state index contributed by atoms with van der Waals surface area (Å²) in [5, 5.41) is 17.9. The summed E-state index contributed by atoms with van der Waals surface area (Å²) in [6.45, 7) is -0.853. The number of amides is 3. The normalized spacial score (nSPS) is 13.5. The van der Waals surface area contributed by atoms with Crippen LogP contribution >= 0.6 is 11.6 Å². The second-order valence-electron chi connectivity index (χ2n) is 8.97. The summed E-state index contributed by atoms with van der Waals surface area (Å²) in [5.74, 6) is -1.86. The molecule has 12 heteroatoms. The quantitative estimate of drug-likeness (QED) is 0.287. The standard InChI is InChI=1S/C27H23BClF2N3O5/c28-16-2-4-17(5-3-16)33-25(36)20-12-18(6-8-22(20)39-14-23(30)31)34-24(35)19-11-15(1-7-21(19)29)13-32-26(37)27(38)9-10-27/h1-8,11-12,23,38H,9-10,13-14H2,(H,32,37)(H,33,36)(H,34,35). The maximum atomic E-state index is 13.0. The number of hydrogen-bond donors (Lipinski definition) is 4. The highest BCUT2D eigenvalue weighted by Crippen LogP contribution is 2.35. The molecule has 2 radical (unpaired) electrons. The van der Waals surface area contributed by atoms with Crippen LogP contribution in [0.4, 0.5) is 20.2 Å². The van der Waals surface area contributed by atoms with Gasteiger partial charge in [0.1, 0.15) is 25.8 Å². The second kappa shape index (κ2) is 11.8. The molecule has 3 amide bonds. The summed E-state index contributed by atoms with van der Waals surface area (Å²) < 4.78 is 30.6. The Labute approximate surface area is 229 Å². The lowest BCUT2D eigenvalue weighted by Crippen LogP contribution is -2.35. The fourth-order valence-corrected chi connectivity index (χ4v) is 3.78. The Balaban J connectivity index is 1.51. The molecular weight excluding hydrogens is 531 g/mol. The summed E-state index contributed by atoms with van der Waals surface area (Å²) in [4.78, 5) is 38.0. The van der Waals surface area contributed by atoms with Crippen molar-refractivity contribution in [3.8, 4) is 5.75 Å². The molecule has 3 aromatic rings. The highest BCUT2D eigenvalue weighted by molar-refractivity contribution is 6.34. The summed E-state index contributed by atoms with van der Waals surface area (Å²) in [6, 6.07) is 14.9. The van der Waals surface area contributed by atoms with Gasteiger partial charge in [-0.2, -0.15) is 0 Å². The molecule has 200 valence electrons. The van der Waals surface area contributed by atoms with Crippen LogP contribution in [-0.4, -0.2) is 49.3 Å². The van der Waals surface area contributed by atoms with Crippen molar-refractivity contribution in [3.05, 3.63) is 82.4 Å². The van der Waals surface area contributed by atoms with E-state index in [1.807, 2.05) is 0 Å². The number of halogens is 3. The Morgan fingerprint density at radius 2 is 1.59 bits per heavy atom. The van der Waals surface area contributed by atoms with E-state index in [4.69, 9.17) is 24.2 Å². The highest BCUT2D eigenvalue weighted by atomic mass is 35.5. The molecule has 4 N–H and O–H groups in total. The number of nitrogens with one attached hydrogen (secondary N) is 3. The van der Waals surface area contributed by atoms with Crippen molar-refractivity contribution in [1.82, 2.24) is 5.32 Å². The molecule has 0 heterocycles. The SMILES string of the molecule is [B]c1ccc(NC(=O)c2cc(NC(=O)c3cc(CNC(=O)C4(O)CC4)ccc3Cl)ccc2OCC(F)F)cc1. The Bertz CT molecular complexity index is 1400. The zero-order valence-corrected chi connectivity index (χ0v) is 21.2. The third-order valence-electron chi connectivity index (χ3n) is 5.89. The van der Waals surface area contributed by atoms with Crippen LogP contribution in [0.5, 0.6) is 5.75 Å². The molecule has 1 aliphatic rings. The van der Waals surface area contributed by atoms with E-state index in [0.717, 1.165) is 0 Å². The van der Waals surface area contributed by atoms with Gasteiger partial charge in [-0.1, -0.05) is 35.3 Å². The maximum Gasteiger partial charge on any atom is 0.272 e. The molecule has 4 rings (SSSR count). The van der Waals surface area contributed by atoms with Crippen LogP contribution in [0.2, 0.25) is 5.02 Å². The first-order valence-electron chi connectivity index (χ1n) is 11.9. The summed E-state index contributed by atoms with van der Waals surface area (Å²) >= 11 is 6.23. The van der Waals surface area contributed by atoms with Crippen molar-refractivity contribution in [3.63, 3.8) is 0 Å². The topological polar surface area (TPSA) is 117 Å². The molecule has 1 fully saturated rings. The van der Waals surface area contributed by atoms with E-state index in [-0.39, 0.29) is 34.1 Å². The average molecular weight is 554 g/mol. The fourth-order valence-electron chi connectivity index (χ4n) is 3.58. The van der Waals surface area contributed by atoms with Gasteiger partial charge in [-0.25, -0.2) is 8.78 Å². The van der Waals surface area contributed by atoms with E-state index >= 15 is 0 Å². The first kappa shape index (κ1) is 28.1. The van der Waals surface area contributed by atoms with Gasteiger partial charge in [0, 0.05) is 17.9 Å². The molecule has 0 spiro atoms. The van der Waals surface area contributed by atoms with Crippen LogP contribution < -0.4 is 26.2 Å². The molecule has 0 saturated heterocycles. The lowest BCUT2D eigenvalue weighted by Gasteiger charge is -2.15. The average Bonchev–Trinajstić information content (AvgIpc) is 3.66. The molecule has 39 heavy (non-hydrogen) atoms. The number of carbonyl (C=O) groups is 3. The largest absolute Gasteiger partial charge is 0.487 e. The van der Waals surface area contributed by atoms with Crippen molar-refractivity contribution in [2.24, 2.45) is 0 Å². The number of ether oxygens (including phenoxy) is 1. The van der Waals surface area contributed by atoms with Crippen LogP contribution in [0.15, 0.2) is 60.7 Å². The molecule has 8 nitrogen and oxygen atoms in total. The van der Waals surface area contributed by atoms with Crippen LogP contribution in [0.3, 0.4) is 0 Å². The number of carbonyl (C=O) groups excluding carboxylic acids is 3. The van der Waals surface area contributed by atoms with Gasteiger partial charge in [-0.15, -0.1) is 0 Å². The number of alkyl halides is 2. The first-order valence-corrected chi connectivity index (χ1v) is 12.2. The summed E-state index contributed by atoms with van der Waals surface area (Å²) in [6.07, 6.45) is -1.96. The zero-order valence-electron chi connectivity index (χ0n) is 20.5. The van der Waals surface area contributed by atoms with Gasteiger partial charge >= 0.3 is 0 Å². The third-order valence-corrected chi connectivity index (χ3v) is 6.22. The number of anilines is 2. The van der Waals surface area contributed by atoms with E-state index in [1.54, 1.807) is 30.3 Å². The van der Waals surface area contributed by atoms with Crippen LogP contribution in [0.1, 0.15) is 39.1 Å². The molecule has 0 atom stereocenters. The predicted octanol–water partition coefficient (Wildman–Crippen LogP) is 3.42. The van der Waals surface area contributed by atoms with Gasteiger partial charge in [-0.05, 0) is 60.9 Å². The monoisotopic (exact) mass is 553 g/mol. The smallest absolute Gasteiger partial charge is 0.272 e. The Kier molecular flexibility index (Phi) is 8.52. The second-order valence-corrected chi connectivity index (χ2v) is 9.38. The molecule has 1 aliphatic carbocycles. The van der Waals surface area contributed by atoms with Crippen molar-refractivity contribution in [2.45, 2.75) is 31.4 Å². The maximum absolute atomic E-state index is 13.0. The molecular formula is C27H23BClF2N3O5. The van der Waals surface area contributed by atoms with Crippen LogP contribution in [-0.2, 0) is 11.3 Å². The molecule has 1 saturated carbocycles. The van der Waals surface area contributed by atoms with Crippen molar-refractivity contribution >= 4 is 54.0 Å². The molecule has 0 unspecified atom stereocenters. The fraction of sp³-hybridized carbons (Fsp3) is 0.222. The minimum atomic E-state index is -2.76. The van der Waals surface area contributed by atoms with E-state index < -0.39 is 36.4 Å². The number of rotatable bonds is 10. The van der Waals surface area contributed by atoms with Crippen molar-refractivity contribution < 1.29 is 33.0 Å². The van der Waals surface area contributed by atoms with Crippen LogP contribution in [0.25, 0.3) is 0 Å². The Hall–Kier alpha value is -3.96. The number of aliphatic hydroxyl groups is 1. The highest BCUT2D eigenvalue weighted by Gasteiger charge is 2.47. The molecule has 0 aliphatic heterocycles. The molecule has 3 aromatic carbocycles. The number of hydrogen-bond acceptors (Lipinski definition) is 5. The van der Waals surface area contributed by atoms with Crippen LogP contribution in [0, 0.1) is 0 Å². The minimum absolute atomic E-state index is 0.0736. The lowest BCUT2D eigenvalue weighted by atomic mass is 9.96. The molecule has 0 aromatic heterocycles. The van der Waals surface area contributed by atoms with Gasteiger partial charge in [0.25, 0.3) is 24.1 Å². The van der Waals surface area contributed by atoms with E-state index in [0.29, 0.717) is 29.6 Å². The molecule has 0 bridgehead atoms. The van der Waals surface area contributed by atoms with Gasteiger partial charge in [-0.3, -0.25) is 14.4 Å². The predicted molar refractivity (Wildman–Crippen MR) is 143 cm³/mol. The van der Waals surface area contributed by atoms with Gasteiger partial charge < -0.3 is 25.8 Å². The summed E-state index contributed by atoms with van der Waals surface area (Å²) in [7, 11) is 5.66. The number of benzene rings is 3. The Morgan fingerprint density at radius 3 is 2.26 bits per heavy atom. The third kappa shape index (κ3) is 7.33. The van der Waals surface area contributed by atoms with Gasteiger partial charge in [0.15, 0.2) is 0 Å². The van der Waals surface area contributed by atoms with E-state index in [1.165, 1.54) is 30.3 Å². The van der Waals surface area contributed by atoms with Crippen molar-refractivity contribution in [2.75, 3.05) is 17.2 Å². The van der Waals surface area contributed by atoms with Crippen molar-refractivity contribution in [1.29, 1.82) is 0 Å². The van der Waals surface area contributed by atoms with Gasteiger partial charge in [0.2, 0.25) is 0 Å². The first-order chi connectivity index (χ1) is 18.5. The summed E-state index contributed by atoms with van der Waals surface area (Å²) in [5.41, 5.74) is 0.330. The minimum Gasteiger partial charge on any atom is -0.487 e. The van der Waals surface area contributed by atoms with E-state index in [2.05, 4.69) is 16.0 Å². The lowest BCUT2D eigenvalue weighted by molar-refractivity contribution is -0.131. The van der Waals surface area contributed by atoms with Gasteiger partial charge in [0.05, 0.1) is 16.1 Å². The zero-order chi connectivity index (χ0) is 28.2.